The van der Waals surface area contributed by atoms with Crippen molar-refractivity contribution < 1.29 is 8.08 Å². The van der Waals surface area contributed by atoms with Gasteiger partial charge in [0.05, 0.1) is 0 Å². The van der Waals surface area contributed by atoms with Crippen molar-refractivity contribution in [3.63, 3.8) is 0 Å². The summed E-state index contributed by atoms with van der Waals surface area (Å²) in [6.45, 7) is 2.04. The molecule has 0 aliphatic heterocycles. The average molecular weight is 184 g/mol. The summed E-state index contributed by atoms with van der Waals surface area (Å²) in [5.74, 6) is 0.544. The highest BCUT2D eigenvalue weighted by molar-refractivity contribution is 8.30. The molecule has 9 heavy (non-hydrogen) atoms. The number of unbranched alkanes of at least 4 members (excludes halogenated alkanes) is 1. The lowest BCUT2D eigenvalue weighted by Crippen LogP contribution is -2.06. The normalized spacial score (nSPS) is 17.4. The lowest BCUT2D eigenvalue weighted by atomic mass is 10.4. The first-order valence-corrected chi connectivity index (χ1v) is 6.30. The Hall–Kier alpha value is 0.547. The predicted molar refractivity (Wildman–Crippen MR) is 46.3 cm³/mol. The monoisotopic (exact) mass is 184 g/mol. The molecule has 0 saturated carbocycles. The largest absolute Gasteiger partial charge is 0.346 e. The Bertz CT molecular complexity index is 152. The third kappa shape index (κ3) is 5.01. The molecule has 0 bridgehead atoms. The molecule has 0 fully saturated rings. The van der Waals surface area contributed by atoms with Crippen LogP contribution in [0.2, 0.25) is 0 Å². The number of hydrogen-bond acceptors (Lipinski definition) is 3. The Morgan fingerprint density at radius 1 is 1.78 bits per heavy atom. The molecule has 0 spiro atoms. The predicted octanol–water partition coefficient (Wildman–Crippen LogP) is -0.255. The lowest BCUT2D eigenvalue weighted by Gasteiger charge is -2.01. The Balaban J connectivity index is 3.61. The average Bonchev–Trinajstić information content (AvgIpc) is 1.84. The number of hydrogen-bond donors (Lipinski definition) is 0. The van der Waals surface area contributed by atoms with Crippen molar-refractivity contribution in [3.8, 4) is 0 Å². The number of rotatable bonds is 4. The van der Waals surface area contributed by atoms with Gasteiger partial charge in [-0.05, 0) is 6.42 Å². The van der Waals surface area contributed by atoms with Gasteiger partial charge in [-0.25, -0.2) is 4.21 Å². The van der Waals surface area contributed by atoms with Crippen LogP contribution in [-0.2, 0) is 23.8 Å². The second-order valence-corrected chi connectivity index (χ2v) is 6.16. The minimum absolute atomic E-state index is 0.485. The van der Waals surface area contributed by atoms with Crippen molar-refractivity contribution in [1.29, 1.82) is 0 Å². The van der Waals surface area contributed by atoms with Gasteiger partial charge in [-0.1, -0.05) is 13.3 Å². The summed E-state index contributed by atoms with van der Waals surface area (Å²) in [6, 6.07) is 0. The summed E-state index contributed by atoms with van der Waals surface area (Å²) in [4.78, 5) is 0. The zero-order valence-electron chi connectivity index (χ0n) is 5.75. The quantitative estimate of drug-likeness (QED) is 0.563. The second-order valence-electron chi connectivity index (χ2n) is 1.78. The Morgan fingerprint density at radius 3 is 2.67 bits per heavy atom. The van der Waals surface area contributed by atoms with E-state index in [1.165, 1.54) is 0 Å². The van der Waals surface area contributed by atoms with E-state index in [9.17, 15) is 4.21 Å². The van der Waals surface area contributed by atoms with E-state index >= 15 is 0 Å². The van der Waals surface area contributed by atoms with Crippen LogP contribution in [0.3, 0.4) is 0 Å². The first-order chi connectivity index (χ1) is 4.12. The first kappa shape index (κ1) is 9.55. The van der Waals surface area contributed by atoms with Crippen molar-refractivity contribution in [1.82, 2.24) is 0 Å². The van der Waals surface area contributed by atoms with Crippen LogP contribution < -0.4 is 0 Å². The SMILES string of the molecule is CCCCS(=O)(=S)O[SiH3]. The van der Waals surface area contributed by atoms with Gasteiger partial charge >= 0.3 is 0 Å². The Kier molecular flexibility index (Phi) is 4.64. The van der Waals surface area contributed by atoms with Crippen LogP contribution in [-0.4, -0.2) is 20.4 Å². The van der Waals surface area contributed by atoms with Crippen molar-refractivity contribution in [2.24, 2.45) is 0 Å². The van der Waals surface area contributed by atoms with E-state index in [0.717, 1.165) is 12.8 Å². The summed E-state index contributed by atoms with van der Waals surface area (Å²) >= 11 is 4.65. The third-order valence-electron chi connectivity index (χ3n) is 1.00. The van der Waals surface area contributed by atoms with Gasteiger partial charge in [-0.2, -0.15) is 0 Å². The van der Waals surface area contributed by atoms with Crippen molar-refractivity contribution in [2.75, 3.05) is 5.75 Å². The zero-order valence-corrected chi connectivity index (χ0v) is 9.39. The van der Waals surface area contributed by atoms with Gasteiger partial charge in [0.2, 0.25) is 0 Å². The van der Waals surface area contributed by atoms with Crippen molar-refractivity contribution >= 4 is 30.4 Å². The maximum absolute atomic E-state index is 10.9. The standard InChI is InChI=1S/C4H12O2S2Si/c1-2-3-4-8(5,7)6-9/h2-4H2,1,9H3. The Morgan fingerprint density at radius 2 is 2.33 bits per heavy atom. The molecule has 0 radical (unpaired) electrons. The maximum Gasteiger partial charge on any atom is 0.168 e. The highest BCUT2D eigenvalue weighted by atomic mass is 32.8. The van der Waals surface area contributed by atoms with E-state index in [2.05, 4.69) is 11.2 Å². The van der Waals surface area contributed by atoms with Gasteiger partial charge in [0.25, 0.3) is 0 Å². The summed E-state index contributed by atoms with van der Waals surface area (Å²) < 4.78 is 15.7. The molecule has 5 heteroatoms. The summed E-state index contributed by atoms with van der Waals surface area (Å²) in [6.07, 6.45) is 1.93. The summed E-state index contributed by atoms with van der Waals surface area (Å²) in [7, 11) is -1.80. The smallest absolute Gasteiger partial charge is 0.168 e. The highest BCUT2D eigenvalue weighted by Crippen LogP contribution is 1.96. The molecule has 0 aromatic carbocycles. The molecule has 0 aromatic rings. The first-order valence-electron chi connectivity index (χ1n) is 2.90. The highest BCUT2D eigenvalue weighted by Gasteiger charge is 1.99. The molecular formula is C4H12O2S2Si. The minimum Gasteiger partial charge on any atom is -0.346 e. The Labute approximate surface area is 64.4 Å². The van der Waals surface area contributed by atoms with Crippen LogP contribution in [0.4, 0.5) is 0 Å². The molecule has 0 heterocycles. The third-order valence-corrected chi connectivity index (χ3v) is 5.55. The topological polar surface area (TPSA) is 26.3 Å². The molecule has 0 aliphatic carbocycles. The van der Waals surface area contributed by atoms with E-state index in [-0.39, 0.29) is 0 Å². The van der Waals surface area contributed by atoms with E-state index in [1.807, 2.05) is 6.92 Å². The van der Waals surface area contributed by atoms with Crippen LogP contribution in [0.1, 0.15) is 19.8 Å². The van der Waals surface area contributed by atoms with Gasteiger partial charge in [0.15, 0.2) is 10.5 Å². The summed E-state index contributed by atoms with van der Waals surface area (Å²) in [5, 5.41) is 0. The van der Waals surface area contributed by atoms with Gasteiger partial charge in [-0.15, -0.1) is 0 Å². The van der Waals surface area contributed by atoms with E-state index in [1.54, 1.807) is 0 Å². The molecule has 1 atom stereocenters. The molecule has 0 saturated heterocycles. The fourth-order valence-corrected chi connectivity index (χ4v) is 2.07. The molecule has 0 amide bonds. The van der Waals surface area contributed by atoms with Crippen molar-refractivity contribution in [2.45, 2.75) is 19.8 Å². The van der Waals surface area contributed by atoms with Crippen LogP contribution in [0.15, 0.2) is 0 Å². The van der Waals surface area contributed by atoms with Crippen LogP contribution in [0.25, 0.3) is 0 Å². The van der Waals surface area contributed by atoms with Gasteiger partial charge in [-0.3, -0.25) is 0 Å². The minimum atomic E-state index is -2.29. The molecule has 0 N–H and O–H groups in total. The molecular weight excluding hydrogens is 172 g/mol. The molecule has 0 aromatic heterocycles. The van der Waals surface area contributed by atoms with Crippen molar-refractivity contribution in [3.05, 3.63) is 0 Å². The van der Waals surface area contributed by atoms with E-state index < -0.39 is 8.77 Å². The van der Waals surface area contributed by atoms with Gasteiger partial charge < -0.3 is 3.87 Å². The second kappa shape index (κ2) is 4.38. The maximum atomic E-state index is 10.9. The molecule has 56 valence electrons. The fraction of sp³-hybridized carbons (Fsp3) is 1.00. The van der Waals surface area contributed by atoms with E-state index in [4.69, 9.17) is 3.87 Å². The molecule has 1 unspecified atom stereocenters. The fourth-order valence-electron chi connectivity index (χ4n) is 0.404. The summed E-state index contributed by atoms with van der Waals surface area (Å²) in [5.41, 5.74) is 0. The molecule has 2 nitrogen and oxygen atoms in total. The molecule has 0 rings (SSSR count). The molecule has 0 aliphatic rings. The zero-order chi connectivity index (χ0) is 7.33. The van der Waals surface area contributed by atoms with Gasteiger partial charge in [0, 0.05) is 16.9 Å². The lowest BCUT2D eigenvalue weighted by molar-refractivity contribution is 0.590. The van der Waals surface area contributed by atoms with Gasteiger partial charge in [0.1, 0.15) is 8.77 Å². The van der Waals surface area contributed by atoms with Crippen LogP contribution >= 0.6 is 0 Å². The van der Waals surface area contributed by atoms with Crippen LogP contribution in [0, 0.1) is 0 Å². The van der Waals surface area contributed by atoms with Crippen LogP contribution in [0.5, 0.6) is 0 Å². The van der Waals surface area contributed by atoms with E-state index in [0.29, 0.717) is 16.2 Å².